The minimum absolute atomic E-state index is 0.100. The molecule has 2 aromatic rings. The Bertz CT molecular complexity index is 793. The van der Waals surface area contributed by atoms with Crippen molar-refractivity contribution in [3.8, 4) is 0 Å². The fourth-order valence-corrected chi connectivity index (χ4v) is 2.95. The van der Waals surface area contributed by atoms with Crippen molar-refractivity contribution in [3.05, 3.63) is 63.6 Å². The number of nitrogens with zero attached hydrogens (tertiary/aromatic N) is 1. The van der Waals surface area contributed by atoms with Gasteiger partial charge >= 0.3 is 0 Å². The maximum atomic E-state index is 12.1. The van der Waals surface area contributed by atoms with E-state index in [9.17, 15) is 9.59 Å². The molecular weight excluding hydrogens is 371 g/mol. The van der Waals surface area contributed by atoms with Crippen LogP contribution >= 0.6 is 23.2 Å². The lowest BCUT2D eigenvalue weighted by Gasteiger charge is -2.21. The first-order valence-electron chi connectivity index (χ1n) is 8.42. The molecule has 2 rings (SSSR count). The number of hydrogen-bond acceptors (Lipinski definition) is 2. The fourth-order valence-electron chi connectivity index (χ4n) is 2.56. The molecular formula is C20H22Cl2N2O2. The highest BCUT2D eigenvalue weighted by Gasteiger charge is 2.14. The van der Waals surface area contributed by atoms with E-state index in [0.29, 0.717) is 35.2 Å². The molecule has 1 N–H and O–H groups in total. The van der Waals surface area contributed by atoms with E-state index < -0.39 is 0 Å². The van der Waals surface area contributed by atoms with Crippen molar-refractivity contribution in [1.82, 2.24) is 5.32 Å². The lowest BCUT2D eigenvalue weighted by molar-refractivity contribution is -0.121. The van der Waals surface area contributed by atoms with Crippen LogP contribution in [-0.4, -0.2) is 24.9 Å². The Kier molecular flexibility index (Phi) is 7.49. The molecule has 0 atom stereocenters. The fraction of sp³-hybridized carbons (Fsp3) is 0.300. The number of carbonyl (C=O) groups excluding carboxylic acids is 2. The molecule has 0 aromatic heterocycles. The smallest absolute Gasteiger partial charge is 0.223 e. The molecule has 0 spiro atoms. The zero-order valence-corrected chi connectivity index (χ0v) is 16.4. The van der Waals surface area contributed by atoms with Gasteiger partial charge in [-0.2, -0.15) is 0 Å². The molecule has 0 heterocycles. The lowest BCUT2D eigenvalue weighted by Crippen LogP contribution is -2.34. The number of aryl methyl sites for hydroxylation is 1. The first kappa shape index (κ1) is 20.3. The number of anilines is 1. The van der Waals surface area contributed by atoms with Crippen molar-refractivity contribution >= 4 is 40.7 Å². The van der Waals surface area contributed by atoms with Gasteiger partial charge in [0.2, 0.25) is 11.8 Å². The van der Waals surface area contributed by atoms with E-state index in [4.69, 9.17) is 23.2 Å². The largest absolute Gasteiger partial charge is 0.356 e. The minimum Gasteiger partial charge on any atom is -0.356 e. The number of rotatable bonds is 7. The van der Waals surface area contributed by atoms with Crippen molar-refractivity contribution in [2.24, 2.45) is 0 Å². The summed E-state index contributed by atoms with van der Waals surface area (Å²) in [6.07, 6.45) is 0.927. The molecule has 0 aliphatic rings. The first-order chi connectivity index (χ1) is 12.4. The Morgan fingerprint density at radius 1 is 1.12 bits per heavy atom. The van der Waals surface area contributed by atoms with Crippen LogP contribution in [0.1, 0.15) is 24.5 Å². The summed E-state index contributed by atoms with van der Waals surface area (Å²) in [4.78, 5) is 25.6. The highest BCUT2D eigenvalue weighted by Crippen LogP contribution is 2.23. The van der Waals surface area contributed by atoms with Crippen molar-refractivity contribution in [2.45, 2.75) is 26.7 Å². The van der Waals surface area contributed by atoms with Gasteiger partial charge in [-0.05, 0) is 48.7 Å². The van der Waals surface area contributed by atoms with Crippen LogP contribution in [0.3, 0.4) is 0 Å². The number of benzene rings is 2. The van der Waals surface area contributed by atoms with E-state index in [0.717, 1.165) is 11.1 Å². The number of nitrogens with one attached hydrogen (secondary N) is 1. The van der Waals surface area contributed by atoms with Crippen LogP contribution in [0.15, 0.2) is 42.5 Å². The van der Waals surface area contributed by atoms with Crippen LogP contribution in [0.5, 0.6) is 0 Å². The van der Waals surface area contributed by atoms with Crippen LogP contribution in [0, 0.1) is 6.92 Å². The molecule has 0 unspecified atom stereocenters. The topological polar surface area (TPSA) is 49.4 Å². The van der Waals surface area contributed by atoms with Gasteiger partial charge in [0.15, 0.2) is 0 Å². The average Bonchev–Trinajstić information content (AvgIpc) is 2.58. The van der Waals surface area contributed by atoms with Gasteiger partial charge in [-0.15, -0.1) is 0 Å². The van der Waals surface area contributed by atoms with Crippen LogP contribution in [0.25, 0.3) is 0 Å². The zero-order chi connectivity index (χ0) is 19.1. The van der Waals surface area contributed by atoms with Crippen molar-refractivity contribution in [1.29, 1.82) is 0 Å². The van der Waals surface area contributed by atoms with Crippen LogP contribution in [0.2, 0.25) is 10.0 Å². The molecule has 0 radical (unpaired) electrons. The molecule has 4 nitrogen and oxygen atoms in total. The summed E-state index contributed by atoms with van der Waals surface area (Å²) in [7, 11) is 0. The average molecular weight is 393 g/mol. The van der Waals surface area contributed by atoms with Crippen molar-refractivity contribution in [2.75, 3.05) is 18.0 Å². The van der Waals surface area contributed by atoms with E-state index in [1.807, 2.05) is 43.3 Å². The van der Waals surface area contributed by atoms with E-state index in [-0.39, 0.29) is 18.2 Å². The third-order valence-electron chi connectivity index (χ3n) is 4.03. The molecule has 138 valence electrons. The Morgan fingerprint density at radius 3 is 2.54 bits per heavy atom. The maximum absolute atomic E-state index is 12.1. The van der Waals surface area contributed by atoms with E-state index in [2.05, 4.69) is 5.32 Å². The van der Waals surface area contributed by atoms with Crippen LogP contribution in [-0.2, 0) is 16.0 Å². The molecule has 2 aromatic carbocycles. The van der Waals surface area contributed by atoms with Gasteiger partial charge in [0.05, 0.1) is 0 Å². The highest BCUT2D eigenvalue weighted by molar-refractivity contribution is 6.31. The standard InChI is InChI=1S/C20H22Cl2N2O2/c1-14-6-7-18(13-19(14)22)24(15(2)25)11-9-20(26)23-10-8-16-4-3-5-17(21)12-16/h3-7,12-13H,8-11H2,1-2H3,(H,23,26). The molecule has 0 saturated carbocycles. The number of amides is 2. The van der Waals surface area contributed by atoms with E-state index in [1.54, 1.807) is 11.0 Å². The molecule has 0 bridgehead atoms. The highest BCUT2D eigenvalue weighted by atomic mass is 35.5. The molecule has 0 fully saturated rings. The predicted octanol–water partition coefficient (Wildman–Crippen LogP) is 4.40. The quantitative estimate of drug-likeness (QED) is 0.758. The molecule has 2 amide bonds. The number of halogens is 2. The minimum atomic E-state index is -0.128. The predicted molar refractivity (Wildman–Crippen MR) is 107 cm³/mol. The summed E-state index contributed by atoms with van der Waals surface area (Å²) in [5.41, 5.74) is 2.70. The maximum Gasteiger partial charge on any atom is 0.223 e. The van der Waals surface area contributed by atoms with Crippen molar-refractivity contribution < 1.29 is 9.59 Å². The van der Waals surface area contributed by atoms with Gasteiger partial charge in [0.1, 0.15) is 0 Å². The van der Waals surface area contributed by atoms with Gasteiger partial charge in [-0.1, -0.05) is 41.4 Å². The number of carbonyl (C=O) groups is 2. The van der Waals surface area contributed by atoms with Crippen LogP contribution < -0.4 is 10.2 Å². The monoisotopic (exact) mass is 392 g/mol. The van der Waals surface area contributed by atoms with Gasteiger partial charge in [0, 0.05) is 42.2 Å². The Balaban J connectivity index is 1.85. The third kappa shape index (κ3) is 6.04. The second kappa shape index (κ2) is 9.60. The Labute approximate surface area is 164 Å². The lowest BCUT2D eigenvalue weighted by atomic mass is 10.1. The second-order valence-electron chi connectivity index (χ2n) is 6.08. The molecule has 26 heavy (non-hydrogen) atoms. The third-order valence-corrected chi connectivity index (χ3v) is 4.68. The number of hydrogen-bond donors (Lipinski definition) is 1. The normalized spacial score (nSPS) is 10.5. The van der Waals surface area contributed by atoms with Crippen molar-refractivity contribution in [3.63, 3.8) is 0 Å². The summed E-state index contributed by atoms with van der Waals surface area (Å²) < 4.78 is 0. The second-order valence-corrected chi connectivity index (χ2v) is 6.93. The Hall–Kier alpha value is -2.04. The summed E-state index contributed by atoms with van der Waals surface area (Å²) in [5, 5.41) is 4.15. The SMILES string of the molecule is CC(=O)N(CCC(=O)NCCc1cccc(Cl)c1)c1ccc(C)c(Cl)c1. The molecule has 6 heteroatoms. The van der Waals surface area contributed by atoms with Gasteiger partial charge < -0.3 is 10.2 Å². The first-order valence-corrected chi connectivity index (χ1v) is 9.18. The zero-order valence-electron chi connectivity index (χ0n) is 14.9. The molecule has 0 saturated heterocycles. The Morgan fingerprint density at radius 2 is 1.88 bits per heavy atom. The van der Waals surface area contributed by atoms with Gasteiger partial charge in [-0.25, -0.2) is 0 Å². The van der Waals surface area contributed by atoms with E-state index in [1.165, 1.54) is 6.92 Å². The van der Waals surface area contributed by atoms with Crippen LogP contribution in [0.4, 0.5) is 5.69 Å². The summed E-state index contributed by atoms with van der Waals surface area (Å²) in [6, 6.07) is 13.0. The molecule has 0 aliphatic carbocycles. The van der Waals surface area contributed by atoms with Gasteiger partial charge in [-0.3, -0.25) is 9.59 Å². The molecule has 0 aliphatic heterocycles. The summed E-state index contributed by atoms with van der Waals surface area (Å²) in [6.45, 7) is 4.20. The summed E-state index contributed by atoms with van der Waals surface area (Å²) >= 11 is 12.1. The van der Waals surface area contributed by atoms with E-state index >= 15 is 0 Å². The summed E-state index contributed by atoms with van der Waals surface area (Å²) in [5.74, 6) is -0.229. The van der Waals surface area contributed by atoms with Gasteiger partial charge in [0.25, 0.3) is 0 Å².